The van der Waals surface area contributed by atoms with Crippen LogP contribution in [0.3, 0.4) is 0 Å². The van der Waals surface area contributed by atoms with E-state index in [0.29, 0.717) is 6.61 Å². The predicted octanol–water partition coefficient (Wildman–Crippen LogP) is 0.661. The Balaban J connectivity index is 2.50. The molecule has 0 aromatic carbocycles. The molecule has 0 N–H and O–H groups in total. The third-order valence-corrected chi connectivity index (χ3v) is 1.15. The van der Waals surface area contributed by atoms with Gasteiger partial charge in [0.05, 0.1) is 12.7 Å². The highest BCUT2D eigenvalue weighted by Crippen LogP contribution is 2.21. The van der Waals surface area contributed by atoms with Crippen LogP contribution in [0.1, 0.15) is 13.8 Å². The molecular weight excluding hydrogens is 118 g/mol. The Kier molecular flexibility index (Phi) is 1.43. The molecule has 3 nitrogen and oxygen atoms in total. The van der Waals surface area contributed by atoms with E-state index < -0.39 is 5.79 Å². The van der Waals surface area contributed by atoms with E-state index in [1.165, 1.54) is 0 Å². The second-order valence-corrected chi connectivity index (χ2v) is 2.45. The molecule has 1 heterocycles. The first-order valence-corrected chi connectivity index (χ1v) is 2.85. The van der Waals surface area contributed by atoms with E-state index in [1.54, 1.807) is 13.8 Å². The molecule has 3 heteroatoms. The number of hydrogen-bond acceptors (Lipinski definition) is 3. The average molecular weight is 127 g/mol. The molecule has 0 bridgehead atoms. The Morgan fingerprint density at radius 3 is 2.56 bits per heavy atom. The van der Waals surface area contributed by atoms with Crippen molar-refractivity contribution in [1.29, 1.82) is 5.26 Å². The molecule has 1 fully saturated rings. The molecule has 0 aliphatic carbocycles. The number of nitrogens with zero attached hydrogens (tertiary/aromatic N) is 1. The maximum absolute atomic E-state index is 8.34. The zero-order valence-electron chi connectivity index (χ0n) is 5.55. The first-order chi connectivity index (χ1) is 4.14. The molecule has 1 aliphatic heterocycles. The normalized spacial score (nSPS) is 31.9. The number of ether oxygens (including phenoxy) is 2. The molecule has 0 spiro atoms. The van der Waals surface area contributed by atoms with Gasteiger partial charge in [0.1, 0.15) is 0 Å². The molecule has 1 aliphatic rings. The van der Waals surface area contributed by atoms with Crippen LogP contribution in [0.2, 0.25) is 0 Å². The van der Waals surface area contributed by atoms with Gasteiger partial charge in [-0.05, 0) is 13.8 Å². The van der Waals surface area contributed by atoms with Gasteiger partial charge < -0.3 is 9.47 Å². The first-order valence-electron chi connectivity index (χ1n) is 2.85. The van der Waals surface area contributed by atoms with Crippen LogP contribution in [0, 0.1) is 11.3 Å². The van der Waals surface area contributed by atoms with Gasteiger partial charge in [0.15, 0.2) is 11.9 Å². The van der Waals surface area contributed by atoms with E-state index in [4.69, 9.17) is 14.7 Å². The maximum Gasteiger partial charge on any atom is 0.170 e. The Labute approximate surface area is 54.2 Å². The first kappa shape index (κ1) is 6.53. The standard InChI is InChI=1S/C6H9NO2/c1-6(2)8-4-5(3-7)9-6/h5H,4H2,1-2H3/t5-/m1/s1. The quantitative estimate of drug-likeness (QED) is 0.480. The lowest BCUT2D eigenvalue weighted by Crippen LogP contribution is -2.20. The second-order valence-electron chi connectivity index (χ2n) is 2.45. The monoisotopic (exact) mass is 127 g/mol. The summed E-state index contributed by atoms with van der Waals surface area (Å²) in [5, 5.41) is 8.34. The highest BCUT2D eigenvalue weighted by Gasteiger charge is 2.32. The molecule has 1 atom stereocenters. The molecule has 0 radical (unpaired) electrons. The van der Waals surface area contributed by atoms with Gasteiger partial charge >= 0.3 is 0 Å². The lowest BCUT2D eigenvalue weighted by Gasteiger charge is -2.14. The average Bonchev–Trinajstić information content (AvgIpc) is 2.10. The van der Waals surface area contributed by atoms with Crippen molar-refractivity contribution in [2.75, 3.05) is 6.61 Å². The lowest BCUT2D eigenvalue weighted by molar-refractivity contribution is -0.132. The van der Waals surface area contributed by atoms with Gasteiger partial charge in [0, 0.05) is 0 Å². The maximum atomic E-state index is 8.34. The molecule has 0 amide bonds. The van der Waals surface area contributed by atoms with E-state index in [1.807, 2.05) is 6.07 Å². The van der Waals surface area contributed by atoms with Gasteiger partial charge in [-0.3, -0.25) is 0 Å². The van der Waals surface area contributed by atoms with Crippen LogP contribution in [0.5, 0.6) is 0 Å². The highest BCUT2D eigenvalue weighted by atomic mass is 16.7. The summed E-state index contributed by atoms with van der Waals surface area (Å²) in [5.74, 6) is -0.555. The fourth-order valence-electron chi connectivity index (χ4n) is 0.751. The molecule has 0 unspecified atom stereocenters. The highest BCUT2D eigenvalue weighted by molar-refractivity contribution is 4.88. The van der Waals surface area contributed by atoms with Gasteiger partial charge in [-0.25, -0.2) is 0 Å². The van der Waals surface area contributed by atoms with E-state index >= 15 is 0 Å². The van der Waals surface area contributed by atoms with Gasteiger partial charge in [-0.15, -0.1) is 0 Å². The van der Waals surface area contributed by atoms with Crippen molar-refractivity contribution in [1.82, 2.24) is 0 Å². The number of hydrogen-bond donors (Lipinski definition) is 0. The van der Waals surface area contributed by atoms with E-state index in [9.17, 15) is 0 Å². The van der Waals surface area contributed by atoms with Crippen LogP contribution in [-0.4, -0.2) is 18.5 Å². The van der Waals surface area contributed by atoms with E-state index in [0.717, 1.165) is 0 Å². The van der Waals surface area contributed by atoms with Crippen molar-refractivity contribution < 1.29 is 9.47 Å². The second kappa shape index (κ2) is 1.98. The molecule has 0 aromatic heterocycles. The third-order valence-electron chi connectivity index (χ3n) is 1.15. The van der Waals surface area contributed by atoms with Crippen LogP contribution < -0.4 is 0 Å². The van der Waals surface area contributed by atoms with Crippen molar-refractivity contribution in [2.45, 2.75) is 25.7 Å². The minimum Gasteiger partial charge on any atom is -0.347 e. The summed E-state index contributed by atoms with van der Waals surface area (Å²) in [4.78, 5) is 0. The lowest BCUT2D eigenvalue weighted by atomic mass is 10.4. The summed E-state index contributed by atoms with van der Waals surface area (Å²) < 4.78 is 10.2. The van der Waals surface area contributed by atoms with Gasteiger partial charge in [0.25, 0.3) is 0 Å². The van der Waals surface area contributed by atoms with Crippen LogP contribution in [0.25, 0.3) is 0 Å². The van der Waals surface area contributed by atoms with E-state index in [-0.39, 0.29) is 6.10 Å². The van der Waals surface area contributed by atoms with E-state index in [2.05, 4.69) is 0 Å². The Bertz CT molecular complexity index is 148. The predicted molar refractivity (Wildman–Crippen MR) is 30.5 cm³/mol. The minimum atomic E-state index is -0.555. The van der Waals surface area contributed by atoms with Crippen molar-refractivity contribution in [3.8, 4) is 6.07 Å². The fourth-order valence-corrected chi connectivity index (χ4v) is 0.751. The SMILES string of the molecule is CC1(C)OC[C@@H](C#N)O1. The van der Waals surface area contributed by atoms with Crippen LogP contribution in [0.4, 0.5) is 0 Å². The molecule has 1 saturated heterocycles. The van der Waals surface area contributed by atoms with Crippen LogP contribution >= 0.6 is 0 Å². The molecule has 50 valence electrons. The molecule has 0 aromatic rings. The fraction of sp³-hybridized carbons (Fsp3) is 0.833. The van der Waals surface area contributed by atoms with Crippen LogP contribution in [0.15, 0.2) is 0 Å². The molecule has 9 heavy (non-hydrogen) atoms. The zero-order valence-corrected chi connectivity index (χ0v) is 5.55. The Morgan fingerprint density at radius 1 is 1.67 bits per heavy atom. The summed E-state index contributed by atoms with van der Waals surface area (Å²) in [7, 11) is 0. The topological polar surface area (TPSA) is 42.2 Å². The van der Waals surface area contributed by atoms with Crippen molar-refractivity contribution in [3.05, 3.63) is 0 Å². The third kappa shape index (κ3) is 1.41. The smallest absolute Gasteiger partial charge is 0.170 e. The summed E-state index contributed by atoms with van der Waals surface area (Å²) in [5.41, 5.74) is 0. The Morgan fingerprint density at radius 2 is 2.33 bits per heavy atom. The van der Waals surface area contributed by atoms with Crippen molar-refractivity contribution >= 4 is 0 Å². The number of nitriles is 1. The summed E-state index contributed by atoms with van der Waals surface area (Å²) in [6.07, 6.45) is -0.375. The van der Waals surface area contributed by atoms with Crippen molar-refractivity contribution in [2.24, 2.45) is 0 Å². The minimum absolute atomic E-state index is 0.375. The summed E-state index contributed by atoms with van der Waals surface area (Å²) in [6.45, 7) is 3.98. The zero-order chi connectivity index (χ0) is 6.91. The molecular formula is C6H9NO2. The van der Waals surface area contributed by atoms with Gasteiger partial charge in [0.2, 0.25) is 0 Å². The largest absolute Gasteiger partial charge is 0.347 e. The Hall–Kier alpha value is -0.590. The number of rotatable bonds is 0. The van der Waals surface area contributed by atoms with Gasteiger partial charge in [-0.1, -0.05) is 0 Å². The summed E-state index contributed by atoms with van der Waals surface area (Å²) >= 11 is 0. The molecule has 0 saturated carbocycles. The van der Waals surface area contributed by atoms with Gasteiger partial charge in [-0.2, -0.15) is 5.26 Å². The van der Waals surface area contributed by atoms with Crippen LogP contribution in [-0.2, 0) is 9.47 Å². The van der Waals surface area contributed by atoms with Crippen molar-refractivity contribution in [3.63, 3.8) is 0 Å². The molecule has 1 rings (SSSR count). The summed E-state index contributed by atoms with van der Waals surface area (Å²) in [6, 6.07) is 1.97.